The summed E-state index contributed by atoms with van der Waals surface area (Å²) in [5.74, 6) is -3.31. The molecule has 0 aliphatic heterocycles. The lowest BCUT2D eigenvalue weighted by Crippen LogP contribution is -2.17. The summed E-state index contributed by atoms with van der Waals surface area (Å²) in [5.41, 5.74) is -0.110. The number of ether oxygens (including phenoxy) is 2. The Morgan fingerprint density at radius 1 is 1.12 bits per heavy atom. The van der Waals surface area contributed by atoms with Crippen LogP contribution in [0.3, 0.4) is 0 Å². The molecule has 0 aliphatic carbocycles. The van der Waals surface area contributed by atoms with E-state index in [1.54, 1.807) is 0 Å². The maximum absolute atomic E-state index is 13.5. The van der Waals surface area contributed by atoms with Crippen molar-refractivity contribution in [3.05, 3.63) is 52.8 Å². The highest BCUT2D eigenvalue weighted by Gasteiger charge is 2.31. The van der Waals surface area contributed by atoms with E-state index in [0.29, 0.717) is 0 Å². The Hall–Kier alpha value is -2.81. The molecule has 1 N–H and O–H groups in total. The van der Waals surface area contributed by atoms with Crippen LogP contribution < -0.4 is 14.8 Å². The van der Waals surface area contributed by atoms with Crippen LogP contribution in [0, 0.1) is 5.82 Å². The van der Waals surface area contributed by atoms with E-state index < -0.39 is 29.8 Å². The van der Waals surface area contributed by atoms with Gasteiger partial charge in [0.25, 0.3) is 5.91 Å². The summed E-state index contributed by atoms with van der Waals surface area (Å²) in [6.45, 7) is 1.06. The molecule has 0 aliphatic rings. The molecule has 2 aromatic carbocycles. The number of nitrogens with one attached hydrogen (secondary N) is 1. The van der Waals surface area contributed by atoms with E-state index in [-0.39, 0.29) is 22.0 Å². The third kappa shape index (κ3) is 5.35. The second kappa shape index (κ2) is 7.61. The fourth-order valence-corrected chi connectivity index (χ4v) is 2.05. The second-order valence-electron chi connectivity index (χ2n) is 4.88. The van der Waals surface area contributed by atoms with Crippen LogP contribution in [0.25, 0.3) is 0 Å². The Balaban J connectivity index is 2.22. The lowest BCUT2D eigenvalue weighted by atomic mass is 10.1. The number of hydrogen-bond donors (Lipinski definition) is 1. The van der Waals surface area contributed by atoms with Crippen molar-refractivity contribution in [3.63, 3.8) is 0 Å². The second-order valence-corrected chi connectivity index (χ2v) is 5.29. The maximum Gasteiger partial charge on any atom is 0.573 e. The molecule has 0 spiro atoms. The quantitative estimate of drug-likeness (QED) is 0.471. The van der Waals surface area contributed by atoms with Crippen molar-refractivity contribution in [1.29, 1.82) is 0 Å². The van der Waals surface area contributed by atoms with Crippen LogP contribution in [0.1, 0.15) is 17.3 Å². The molecule has 0 saturated carbocycles. The molecule has 0 aromatic heterocycles. The average molecular weight is 392 g/mol. The third-order valence-electron chi connectivity index (χ3n) is 2.87. The molecule has 26 heavy (non-hydrogen) atoms. The van der Waals surface area contributed by atoms with E-state index >= 15 is 0 Å². The van der Waals surface area contributed by atoms with E-state index in [1.165, 1.54) is 0 Å². The van der Waals surface area contributed by atoms with Crippen LogP contribution in [-0.2, 0) is 4.79 Å². The summed E-state index contributed by atoms with van der Waals surface area (Å²) >= 11 is 5.63. The fourth-order valence-electron chi connectivity index (χ4n) is 1.88. The smallest absolute Gasteiger partial charge is 0.426 e. The Kier molecular flexibility index (Phi) is 5.71. The Morgan fingerprint density at radius 3 is 2.27 bits per heavy atom. The van der Waals surface area contributed by atoms with Gasteiger partial charge in [0.1, 0.15) is 17.3 Å². The fraction of sp³-hybridized carbons (Fsp3) is 0.125. The number of amides is 1. The van der Waals surface area contributed by atoms with Gasteiger partial charge in [0.05, 0.1) is 10.6 Å². The van der Waals surface area contributed by atoms with Gasteiger partial charge in [0, 0.05) is 18.7 Å². The van der Waals surface area contributed by atoms with Gasteiger partial charge >= 0.3 is 12.3 Å². The van der Waals surface area contributed by atoms with Crippen molar-refractivity contribution in [3.8, 4) is 11.5 Å². The van der Waals surface area contributed by atoms with Gasteiger partial charge in [-0.3, -0.25) is 9.59 Å². The van der Waals surface area contributed by atoms with Gasteiger partial charge in [-0.05, 0) is 30.3 Å². The van der Waals surface area contributed by atoms with E-state index in [4.69, 9.17) is 16.3 Å². The third-order valence-corrected chi connectivity index (χ3v) is 3.16. The molecule has 0 saturated heterocycles. The molecule has 0 fully saturated rings. The number of esters is 1. The standard InChI is InChI=1S/C16H10ClF4NO4/c1-8(23)25-14-7-13(18)12(17)6-11(14)15(24)22-9-2-4-10(5-3-9)26-16(19,20)21/h2-7H,1H3,(H,22,24). The first-order valence-electron chi connectivity index (χ1n) is 6.90. The molecule has 0 atom stereocenters. The van der Waals surface area contributed by atoms with Crippen molar-refractivity contribution in [2.45, 2.75) is 13.3 Å². The minimum Gasteiger partial charge on any atom is -0.426 e. The van der Waals surface area contributed by atoms with Crippen LogP contribution in [0.4, 0.5) is 23.2 Å². The predicted molar refractivity (Wildman–Crippen MR) is 83.8 cm³/mol. The SMILES string of the molecule is CC(=O)Oc1cc(F)c(Cl)cc1C(=O)Nc1ccc(OC(F)(F)F)cc1. The molecule has 2 rings (SSSR count). The lowest BCUT2D eigenvalue weighted by molar-refractivity contribution is -0.274. The topological polar surface area (TPSA) is 64.6 Å². The molecule has 2 aromatic rings. The average Bonchev–Trinajstić information content (AvgIpc) is 2.50. The zero-order valence-electron chi connectivity index (χ0n) is 13.0. The molecule has 0 heterocycles. The molecule has 0 radical (unpaired) electrons. The molecule has 138 valence electrons. The van der Waals surface area contributed by atoms with Crippen molar-refractivity contribution in [2.24, 2.45) is 0 Å². The van der Waals surface area contributed by atoms with Crippen LogP contribution in [-0.4, -0.2) is 18.2 Å². The first-order valence-corrected chi connectivity index (χ1v) is 7.27. The number of halogens is 5. The molecule has 1 amide bonds. The van der Waals surface area contributed by atoms with Crippen LogP contribution in [0.2, 0.25) is 5.02 Å². The zero-order chi connectivity index (χ0) is 19.5. The monoisotopic (exact) mass is 391 g/mol. The number of carbonyl (C=O) groups excluding carboxylic acids is 2. The van der Waals surface area contributed by atoms with Gasteiger partial charge < -0.3 is 14.8 Å². The Labute approximate surface area is 149 Å². The van der Waals surface area contributed by atoms with E-state index in [0.717, 1.165) is 43.3 Å². The Bertz CT molecular complexity index is 837. The summed E-state index contributed by atoms with van der Waals surface area (Å²) in [6, 6.07) is 6.05. The summed E-state index contributed by atoms with van der Waals surface area (Å²) in [6.07, 6.45) is -4.84. The first kappa shape index (κ1) is 19.5. The number of benzene rings is 2. The summed E-state index contributed by atoms with van der Waals surface area (Å²) in [4.78, 5) is 23.4. The minimum atomic E-state index is -4.84. The van der Waals surface area contributed by atoms with Crippen LogP contribution in [0.5, 0.6) is 11.5 Å². The number of anilines is 1. The normalized spacial score (nSPS) is 11.0. The molecular weight excluding hydrogens is 382 g/mol. The van der Waals surface area contributed by atoms with Gasteiger partial charge in [-0.1, -0.05) is 11.6 Å². The van der Waals surface area contributed by atoms with Gasteiger partial charge in [-0.25, -0.2) is 4.39 Å². The molecule has 5 nitrogen and oxygen atoms in total. The van der Waals surface area contributed by atoms with Crippen molar-refractivity contribution >= 4 is 29.2 Å². The maximum atomic E-state index is 13.5. The molecule has 0 bridgehead atoms. The number of carbonyl (C=O) groups is 2. The Morgan fingerprint density at radius 2 is 1.73 bits per heavy atom. The number of hydrogen-bond acceptors (Lipinski definition) is 4. The molecular formula is C16H10ClF4NO4. The van der Waals surface area contributed by atoms with Gasteiger partial charge in [0.2, 0.25) is 0 Å². The van der Waals surface area contributed by atoms with E-state index in [2.05, 4.69) is 10.1 Å². The highest BCUT2D eigenvalue weighted by molar-refractivity contribution is 6.31. The van der Waals surface area contributed by atoms with Gasteiger partial charge in [-0.2, -0.15) is 0 Å². The van der Waals surface area contributed by atoms with Crippen molar-refractivity contribution in [1.82, 2.24) is 0 Å². The number of alkyl halides is 3. The summed E-state index contributed by atoms with van der Waals surface area (Å²) in [7, 11) is 0. The van der Waals surface area contributed by atoms with Crippen molar-refractivity contribution in [2.75, 3.05) is 5.32 Å². The van der Waals surface area contributed by atoms with E-state index in [9.17, 15) is 27.2 Å². The van der Waals surface area contributed by atoms with E-state index in [1.807, 2.05) is 0 Å². The highest BCUT2D eigenvalue weighted by Crippen LogP contribution is 2.28. The zero-order valence-corrected chi connectivity index (χ0v) is 13.7. The summed E-state index contributed by atoms with van der Waals surface area (Å²) in [5, 5.41) is 1.99. The van der Waals surface area contributed by atoms with Crippen molar-refractivity contribution < 1.29 is 36.6 Å². The minimum absolute atomic E-state index is 0.124. The lowest BCUT2D eigenvalue weighted by Gasteiger charge is -2.12. The number of rotatable bonds is 4. The van der Waals surface area contributed by atoms with Crippen LogP contribution >= 0.6 is 11.6 Å². The molecule has 10 heteroatoms. The van der Waals surface area contributed by atoms with Gasteiger partial charge in [-0.15, -0.1) is 13.2 Å². The largest absolute Gasteiger partial charge is 0.573 e. The first-order chi connectivity index (χ1) is 12.0. The van der Waals surface area contributed by atoms with Crippen LogP contribution in [0.15, 0.2) is 36.4 Å². The predicted octanol–water partition coefficient (Wildman–Crippen LogP) is 4.56. The molecule has 0 unspecified atom stereocenters. The highest BCUT2D eigenvalue weighted by atomic mass is 35.5. The summed E-state index contributed by atoms with van der Waals surface area (Å²) < 4.78 is 58.3. The van der Waals surface area contributed by atoms with Gasteiger partial charge in [0.15, 0.2) is 0 Å².